The minimum atomic E-state index is -0.129. The Morgan fingerprint density at radius 1 is 1.07 bits per heavy atom. The predicted octanol–water partition coefficient (Wildman–Crippen LogP) is 1.06. The van der Waals surface area contributed by atoms with E-state index < -0.39 is 0 Å². The van der Waals surface area contributed by atoms with E-state index in [0.717, 1.165) is 55.6 Å². The molecule has 1 aliphatic rings. The number of ether oxygens (including phenoxy) is 3. The molecule has 2 heterocycles. The molecule has 0 N–H and O–H groups in total. The molecule has 1 atom stereocenters. The number of methoxy groups -OCH3 is 3. The molecule has 0 aliphatic carbocycles. The van der Waals surface area contributed by atoms with Crippen molar-refractivity contribution in [1.82, 2.24) is 30.0 Å². The highest BCUT2D eigenvalue weighted by Gasteiger charge is 2.32. The van der Waals surface area contributed by atoms with Gasteiger partial charge in [-0.3, -0.25) is 4.90 Å². The van der Waals surface area contributed by atoms with Gasteiger partial charge in [0.05, 0.1) is 27.4 Å². The third-order valence-corrected chi connectivity index (χ3v) is 5.26. The first-order valence-corrected chi connectivity index (χ1v) is 9.65. The van der Waals surface area contributed by atoms with Crippen LogP contribution >= 0.6 is 0 Å². The lowest BCUT2D eigenvalue weighted by atomic mass is 10.0. The number of benzene rings is 1. The minimum Gasteiger partial charge on any atom is -0.497 e. The van der Waals surface area contributed by atoms with Gasteiger partial charge in [-0.05, 0) is 35.2 Å². The summed E-state index contributed by atoms with van der Waals surface area (Å²) in [5.74, 6) is 2.36. The van der Waals surface area contributed by atoms with Gasteiger partial charge in [0.2, 0.25) is 0 Å². The Hall–Kier alpha value is -2.23. The van der Waals surface area contributed by atoms with Crippen LogP contribution in [0.2, 0.25) is 0 Å². The van der Waals surface area contributed by atoms with Gasteiger partial charge in [0, 0.05) is 38.9 Å². The highest BCUT2D eigenvalue weighted by Crippen LogP contribution is 2.36. The molecule has 1 aromatic heterocycles. The zero-order valence-electron chi connectivity index (χ0n) is 17.2. The van der Waals surface area contributed by atoms with E-state index in [-0.39, 0.29) is 6.04 Å². The number of nitrogens with zero attached hydrogens (tertiary/aromatic N) is 6. The first-order chi connectivity index (χ1) is 13.7. The Balaban J connectivity index is 2.02. The fraction of sp³-hybridized carbons (Fsp3) is 0.632. The molecule has 0 spiro atoms. The second-order valence-corrected chi connectivity index (χ2v) is 6.73. The van der Waals surface area contributed by atoms with Crippen LogP contribution in [0.3, 0.4) is 0 Å². The summed E-state index contributed by atoms with van der Waals surface area (Å²) in [7, 11) is 5.03. The maximum Gasteiger partial charge on any atom is 0.173 e. The molecule has 1 aliphatic heterocycles. The second-order valence-electron chi connectivity index (χ2n) is 6.73. The Morgan fingerprint density at radius 2 is 1.86 bits per heavy atom. The number of tetrazole rings is 1. The molecule has 28 heavy (non-hydrogen) atoms. The van der Waals surface area contributed by atoms with E-state index in [1.807, 2.05) is 22.9 Å². The van der Waals surface area contributed by atoms with Crippen LogP contribution in [-0.2, 0) is 11.3 Å². The highest BCUT2D eigenvalue weighted by molar-refractivity contribution is 5.44. The van der Waals surface area contributed by atoms with Crippen molar-refractivity contribution < 1.29 is 14.2 Å². The highest BCUT2D eigenvalue weighted by atomic mass is 16.5. The summed E-state index contributed by atoms with van der Waals surface area (Å²) in [6.07, 6.45) is 0. The average molecular weight is 390 g/mol. The van der Waals surface area contributed by atoms with E-state index in [1.54, 1.807) is 21.3 Å². The average Bonchev–Trinajstić information content (AvgIpc) is 3.20. The number of hydrogen-bond donors (Lipinski definition) is 0. The summed E-state index contributed by atoms with van der Waals surface area (Å²) in [6, 6.07) is 5.73. The van der Waals surface area contributed by atoms with Gasteiger partial charge in [0.25, 0.3) is 0 Å². The molecule has 1 fully saturated rings. The molecular weight excluding hydrogens is 360 g/mol. The van der Waals surface area contributed by atoms with Gasteiger partial charge in [0.15, 0.2) is 5.82 Å². The topological polar surface area (TPSA) is 77.8 Å². The van der Waals surface area contributed by atoms with Crippen LogP contribution in [0, 0.1) is 0 Å². The predicted molar refractivity (Wildman–Crippen MR) is 105 cm³/mol. The maximum absolute atomic E-state index is 5.68. The molecule has 1 aromatic carbocycles. The van der Waals surface area contributed by atoms with E-state index in [4.69, 9.17) is 14.2 Å². The van der Waals surface area contributed by atoms with Crippen LogP contribution in [0.1, 0.15) is 24.4 Å². The van der Waals surface area contributed by atoms with E-state index in [9.17, 15) is 0 Å². The number of hydrogen-bond acceptors (Lipinski definition) is 8. The van der Waals surface area contributed by atoms with E-state index >= 15 is 0 Å². The van der Waals surface area contributed by atoms with Gasteiger partial charge >= 0.3 is 0 Å². The maximum atomic E-state index is 5.68. The molecule has 0 radical (unpaired) electrons. The molecule has 0 saturated carbocycles. The van der Waals surface area contributed by atoms with Crippen LogP contribution in [0.15, 0.2) is 18.2 Å². The number of aromatic nitrogens is 4. The summed E-state index contributed by atoms with van der Waals surface area (Å²) >= 11 is 0. The van der Waals surface area contributed by atoms with E-state index in [1.165, 1.54) is 0 Å². The standard InChI is InChI=1S/C19H30N6O3/c1-5-23-8-10-24(11-9-23)18(19-20-21-22-25(19)12-13-26-2)16-14-15(27-3)6-7-17(16)28-4/h6-7,14,18H,5,8-13H2,1-4H3/t18-/m0/s1. The number of piperazine rings is 1. The van der Waals surface area contributed by atoms with Gasteiger partial charge in [-0.1, -0.05) is 6.92 Å². The first kappa shape index (κ1) is 20.5. The third-order valence-electron chi connectivity index (χ3n) is 5.26. The third kappa shape index (κ3) is 4.43. The summed E-state index contributed by atoms with van der Waals surface area (Å²) in [5, 5.41) is 12.5. The van der Waals surface area contributed by atoms with Crippen molar-refractivity contribution in [2.45, 2.75) is 19.5 Å². The van der Waals surface area contributed by atoms with Crippen molar-refractivity contribution in [1.29, 1.82) is 0 Å². The molecule has 3 rings (SSSR count). The SMILES string of the molecule is CCN1CCN([C@@H](c2cc(OC)ccc2OC)c2nnnn2CCOC)CC1. The van der Waals surface area contributed by atoms with Gasteiger partial charge in [0.1, 0.15) is 17.5 Å². The molecule has 154 valence electrons. The molecule has 0 amide bonds. The normalized spacial score (nSPS) is 16.9. The Morgan fingerprint density at radius 3 is 2.50 bits per heavy atom. The molecule has 0 unspecified atom stereocenters. The van der Waals surface area contributed by atoms with Crippen LogP contribution in [0.5, 0.6) is 11.5 Å². The minimum absolute atomic E-state index is 0.129. The summed E-state index contributed by atoms with van der Waals surface area (Å²) in [4.78, 5) is 4.86. The van der Waals surface area contributed by atoms with Gasteiger partial charge < -0.3 is 19.1 Å². The van der Waals surface area contributed by atoms with Crippen LogP contribution in [0.4, 0.5) is 0 Å². The molecule has 9 nitrogen and oxygen atoms in total. The number of likely N-dealkylation sites (N-methyl/N-ethyl adjacent to an activating group) is 1. The second kappa shape index (κ2) is 9.81. The molecule has 9 heteroatoms. The van der Waals surface area contributed by atoms with Crippen molar-refractivity contribution in [3.8, 4) is 11.5 Å². The zero-order valence-corrected chi connectivity index (χ0v) is 17.2. The van der Waals surface area contributed by atoms with Crippen molar-refractivity contribution >= 4 is 0 Å². The monoisotopic (exact) mass is 390 g/mol. The Labute approximate surface area is 166 Å². The Kier molecular flexibility index (Phi) is 7.18. The van der Waals surface area contributed by atoms with Crippen molar-refractivity contribution in [2.75, 3.05) is 60.7 Å². The molecular formula is C19H30N6O3. The fourth-order valence-corrected chi connectivity index (χ4v) is 3.63. The zero-order chi connectivity index (χ0) is 19.9. The fourth-order valence-electron chi connectivity index (χ4n) is 3.63. The lowest BCUT2D eigenvalue weighted by molar-refractivity contribution is 0.106. The van der Waals surface area contributed by atoms with E-state index in [0.29, 0.717) is 13.2 Å². The van der Waals surface area contributed by atoms with Crippen molar-refractivity contribution in [2.24, 2.45) is 0 Å². The van der Waals surface area contributed by atoms with Crippen LogP contribution in [-0.4, -0.2) is 90.7 Å². The summed E-state index contributed by atoms with van der Waals surface area (Å²) < 4.78 is 18.2. The van der Waals surface area contributed by atoms with E-state index in [2.05, 4.69) is 32.2 Å². The molecule has 1 saturated heterocycles. The van der Waals surface area contributed by atoms with Gasteiger partial charge in [-0.2, -0.15) is 0 Å². The largest absolute Gasteiger partial charge is 0.497 e. The van der Waals surface area contributed by atoms with Gasteiger partial charge in [-0.15, -0.1) is 5.10 Å². The summed E-state index contributed by atoms with van der Waals surface area (Å²) in [5.41, 5.74) is 1.00. The van der Waals surface area contributed by atoms with Gasteiger partial charge in [-0.25, -0.2) is 4.68 Å². The van der Waals surface area contributed by atoms with Crippen molar-refractivity contribution in [3.63, 3.8) is 0 Å². The summed E-state index contributed by atoms with van der Waals surface area (Å²) in [6.45, 7) is 8.28. The molecule has 0 bridgehead atoms. The number of rotatable bonds is 9. The van der Waals surface area contributed by atoms with Crippen LogP contribution in [0.25, 0.3) is 0 Å². The van der Waals surface area contributed by atoms with Crippen molar-refractivity contribution in [3.05, 3.63) is 29.6 Å². The molecule has 2 aromatic rings. The van der Waals surface area contributed by atoms with Crippen LogP contribution < -0.4 is 9.47 Å². The Bertz CT molecular complexity index is 745. The smallest absolute Gasteiger partial charge is 0.173 e. The quantitative estimate of drug-likeness (QED) is 0.629. The first-order valence-electron chi connectivity index (χ1n) is 9.65. The lowest BCUT2D eigenvalue weighted by Gasteiger charge is -2.38. The lowest BCUT2D eigenvalue weighted by Crippen LogP contribution is -2.48.